The van der Waals surface area contributed by atoms with Gasteiger partial charge in [0.2, 0.25) is 0 Å². The molecule has 0 amide bonds. The van der Waals surface area contributed by atoms with Gasteiger partial charge in [0.15, 0.2) is 0 Å². The lowest BCUT2D eigenvalue weighted by Gasteiger charge is -2.20. The first-order chi connectivity index (χ1) is 8.76. The summed E-state index contributed by atoms with van der Waals surface area (Å²) >= 11 is 6.03. The van der Waals surface area contributed by atoms with Gasteiger partial charge in [0, 0.05) is 6.04 Å². The molecule has 0 fully saturated rings. The molecular weight excluding hydrogens is 283 g/mol. The van der Waals surface area contributed by atoms with Crippen LogP contribution >= 0.6 is 11.6 Å². The molecule has 8 heteroatoms. The smallest absolute Gasteiger partial charge is 0.370 e. The van der Waals surface area contributed by atoms with E-state index in [2.05, 4.69) is 15.2 Å². The van der Waals surface area contributed by atoms with Crippen LogP contribution in [0.3, 0.4) is 0 Å². The summed E-state index contributed by atoms with van der Waals surface area (Å²) in [6.45, 7) is 2.42. The third kappa shape index (κ3) is 4.67. The van der Waals surface area contributed by atoms with Crippen molar-refractivity contribution in [1.82, 2.24) is 15.1 Å². The molecule has 1 unspecified atom stereocenters. The van der Waals surface area contributed by atoms with Gasteiger partial charge in [-0.2, -0.15) is 18.3 Å². The van der Waals surface area contributed by atoms with Crippen molar-refractivity contribution < 1.29 is 17.9 Å². The van der Waals surface area contributed by atoms with Gasteiger partial charge in [-0.25, -0.2) is 0 Å². The number of likely N-dealkylation sites (N-methyl/N-ethyl adjacent to an activating group) is 1. The van der Waals surface area contributed by atoms with Crippen LogP contribution in [0.1, 0.15) is 31.6 Å². The van der Waals surface area contributed by atoms with E-state index < -0.39 is 18.8 Å². The predicted molar refractivity (Wildman–Crippen MR) is 66.3 cm³/mol. The molecule has 1 rings (SSSR count). The Kier molecular flexibility index (Phi) is 5.64. The lowest BCUT2D eigenvalue weighted by Crippen LogP contribution is -2.28. The third-order valence-electron chi connectivity index (χ3n) is 2.50. The Bertz CT molecular complexity index is 406. The van der Waals surface area contributed by atoms with E-state index in [1.165, 1.54) is 6.20 Å². The highest BCUT2D eigenvalue weighted by Crippen LogP contribution is 2.26. The summed E-state index contributed by atoms with van der Waals surface area (Å²) in [6, 6.07) is -0.388. The van der Waals surface area contributed by atoms with E-state index in [0.717, 1.165) is 0 Å². The van der Waals surface area contributed by atoms with E-state index in [1.54, 1.807) is 11.7 Å². The number of aromatic nitrogens is 2. The number of nitrogens with zero attached hydrogens (tertiary/aromatic N) is 2. The van der Waals surface area contributed by atoms with Gasteiger partial charge in [-0.1, -0.05) is 11.6 Å². The first-order valence-corrected chi connectivity index (χ1v) is 6.18. The topological polar surface area (TPSA) is 39.1 Å². The Hall–Kier alpha value is -0.790. The van der Waals surface area contributed by atoms with Crippen LogP contribution in [0, 0.1) is 0 Å². The zero-order chi connectivity index (χ0) is 14.6. The summed E-state index contributed by atoms with van der Waals surface area (Å²) in [7, 11) is 1.63. The van der Waals surface area contributed by atoms with Crippen LogP contribution in [0.25, 0.3) is 0 Å². The van der Waals surface area contributed by atoms with Crippen molar-refractivity contribution in [2.45, 2.75) is 32.1 Å². The number of hydrogen-bond donors (Lipinski definition) is 1. The fourth-order valence-electron chi connectivity index (χ4n) is 1.68. The van der Waals surface area contributed by atoms with Gasteiger partial charge in [-0.15, -0.1) is 0 Å². The van der Waals surface area contributed by atoms with Gasteiger partial charge in [-0.05, 0) is 20.9 Å². The normalized spacial score (nSPS) is 14.1. The summed E-state index contributed by atoms with van der Waals surface area (Å²) < 4.78 is 42.5. The van der Waals surface area contributed by atoms with E-state index in [1.807, 2.05) is 13.8 Å². The highest BCUT2D eigenvalue weighted by Gasteiger charge is 2.29. The van der Waals surface area contributed by atoms with Gasteiger partial charge in [-0.3, -0.25) is 4.68 Å². The highest BCUT2D eigenvalue weighted by atomic mass is 35.5. The third-order valence-corrected chi connectivity index (χ3v) is 2.80. The number of alkyl halides is 3. The lowest BCUT2D eigenvalue weighted by molar-refractivity contribution is -0.175. The molecule has 0 bridgehead atoms. The fourth-order valence-corrected chi connectivity index (χ4v) is 1.94. The maximum atomic E-state index is 12.1. The monoisotopic (exact) mass is 299 g/mol. The molecule has 0 aromatic carbocycles. The number of ether oxygens (including phenoxy) is 1. The Morgan fingerprint density at radius 3 is 2.58 bits per heavy atom. The highest BCUT2D eigenvalue weighted by molar-refractivity contribution is 6.31. The van der Waals surface area contributed by atoms with Crippen molar-refractivity contribution in [3.05, 3.63) is 16.9 Å². The van der Waals surface area contributed by atoms with E-state index >= 15 is 0 Å². The van der Waals surface area contributed by atoms with Crippen molar-refractivity contribution in [1.29, 1.82) is 0 Å². The van der Waals surface area contributed by atoms with Gasteiger partial charge in [0.05, 0.1) is 29.6 Å². The second-order valence-electron chi connectivity index (χ2n) is 4.39. The molecule has 0 saturated carbocycles. The lowest BCUT2D eigenvalue weighted by atomic mass is 10.2. The molecule has 0 aliphatic carbocycles. The minimum Gasteiger partial charge on any atom is -0.370 e. The van der Waals surface area contributed by atoms with Crippen LogP contribution in [0.4, 0.5) is 13.2 Å². The maximum Gasteiger partial charge on any atom is 0.411 e. The van der Waals surface area contributed by atoms with Crippen LogP contribution in [0.5, 0.6) is 0 Å². The van der Waals surface area contributed by atoms with Crippen LogP contribution in [-0.2, 0) is 4.74 Å². The molecule has 0 aliphatic rings. The van der Waals surface area contributed by atoms with Gasteiger partial charge in [0.1, 0.15) is 6.61 Å². The van der Waals surface area contributed by atoms with Crippen molar-refractivity contribution in [3.8, 4) is 0 Å². The summed E-state index contributed by atoms with van der Waals surface area (Å²) in [5.41, 5.74) is 0.626. The van der Waals surface area contributed by atoms with Crippen molar-refractivity contribution in [2.75, 3.05) is 20.3 Å². The molecule has 110 valence electrons. The van der Waals surface area contributed by atoms with E-state index in [4.69, 9.17) is 11.6 Å². The average molecular weight is 300 g/mol. The molecule has 0 aliphatic heterocycles. The molecule has 0 spiro atoms. The van der Waals surface area contributed by atoms with E-state index in [-0.39, 0.29) is 12.6 Å². The molecule has 1 N–H and O–H groups in total. The van der Waals surface area contributed by atoms with Crippen LogP contribution in [-0.4, -0.2) is 36.2 Å². The van der Waals surface area contributed by atoms with Crippen LogP contribution < -0.4 is 5.32 Å². The number of nitrogens with one attached hydrogen (secondary N) is 1. The summed E-state index contributed by atoms with van der Waals surface area (Å²) in [5, 5.41) is 7.40. The summed E-state index contributed by atoms with van der Waals surface area (Å²) in [4.78, 5) is 0. The Balaban J connectivity index is 2.77. The SMILES string of the molecule is CNC(COCC(F)(F)F)c1c(Cl)cnn1C(C)C. The van der Waals surface area contributed by atoms with E-state index in [0.29, 0.717) is 10.7 Å². The summed E-state index contributed by atoms with van der Waals surface area (Å²) in [6.07, 6.45) is -2.86. The molecule has 0 saturated heterocycles. The molecule has 0 radical (unpaired) electrons. The molecule has 4 nitrogen and oxygen atoms in total. The molecule has 1 heterocycles. The average Bonchev–Trinajstić information content (AvgIpc) is 2.65. The first-order valence-electron chi connectivity index (χ1n) is 5.81. The molecular formula is C11H17ClF3N3O. The minimum atomic E-state index is -4.33. The molecule has 1 aromatic rings. The zero-order valence-corrected chi connectivity index (χ0v) is 11.7. The quantitative estimate of drug-likeness (QED) is 0.878. The van der Waals surface area contributed by atoms with E-state index in [9.17, 15) is 13.2 Å². The predicted octanol–water partition coefficient (Wildman–Crippen LogP) is 2.96. The fraction of sp³-hybridized carbons (Fsp3) is 0.727. The number of hydrogen-bond acceptors (Lipinski definition) is 3. The maximum absolute atomic E-state index is 12.1. The molecule has 19 heavy (non-hydrogen) atoms. The van der Waals surface area contributed by atoms with Crippen molar-refractivity contribution in [2.24, 2.45) is 0 Å². The summed E-state index contributed by atoms with van der Waals surface area (Å²) in [5.74, 6) is 0. The Morgan fingerprint density at radius 2 is 2.11 bits per heavy atom. The largest absolute Gasteiger partial charge is 0.411 e. The Labute approximate surface area is 114 Å². The minimum absolute atomic E-state index is 0.0565. The number of rotatable bonds is 6. The van der Waals surface area contributed by atoms with Gasteiger partial charge in [0.25, 0.3) is 0 Å². The second kappa shape index (κ2) is 6.58. The second-order valence-corrected chi connectivity index (χ2v) is 4.79. The van der Waals surface area contributed by atoms with Gasteiger partial charge < -0.3 is 10.1 Å². The first kappa shape index (κ1) is 16.3. The Morgan fingerprint density at radius 1 is 1.47 bits per heavy atom. The molecule has 1 aromatic heterocycles. The number of halogens is 4. The zero-order valence-electron chi connectivity index (χ0n) is 11.0. The molecule has 1 atom stereocenters. The van der Waals surface area contributed by atoms with Crippen LogP contribution in [0.2, 0.25) is 5.02 Å². The van der Waals surface area contributed by atoms with Crippen molar-refractivity contribution >= 4 is 11.6 Å². The van der Waals surface area contributed by atoms with Crippen molar-refractivity contribution in [3.63, 3.8) is 0 Å². The van der Waals surface area contributed by atoms with Gasteiger partial charge >= 0.3 is 6.18 Å². The van der Waals surface area contributed by atoms with Crippen LogP contribution in [0.15, 0.2) is 6.20 Å². The standard InChI is InChI=1S/C11H17ClF3N3O/c1-7(2)18-10(8(12)4-17-18)9(16-3)5-19-6-11(13,14)15/h4,7,9,16H,5-6H2,1-3H3.